The monoisotopic (exact) mass is 630 g/mol. The molecule has 0 atom stereocenters. The Hall–Kier alpha value is -6.17. The number of aromatic nitrogens is 4. The van der Waals surface area contributed by atoms with Crippen molar-refractivity contribution in [2.75, 3.05) is 0 Å². The van der Waals surface area contributed by atoms with Gasteiger partial charge in [-0.2, -0.15) is 9.97 Å². The van der Waals surface area contributed by atoms with Crippen LogP contribution in [0.15, 0.2) is 158 Å². The Morgan fingerprint density at radius 3 is 1.73 bits per heavy atom. The van der Waals surface area contributed by atoms with Crippen LogP contribution in [0.25, 0.3) is 92.6 Å². The van der Waals surface area contributed by atoms with E-state index in [1.807, 2.05) is 72.0 Å². The number of hydrogen-bond donors (Lipinski definition) is 0. The first-order chi connectivity index (χ1) is 23.8. The molecule has 224 valence electrons. The normalized spacial score (nSPS) is 11.8. The first kappa shape index (κ1) is 27.0. The van der Waals surface area contributed by atoms with Gasteiger partial charge >= 0.3 is 0 Å². The molecule has 3 heterocycles. The zero-order chi connectivity index (χ0) is 31.6. The second-order valence-corrected chi connectivity index (χ2v) is 13.2. The average Bonchev–Trinajstić information content (AvgIpc) is 3.71. The molecule has 48 heavy (non-hydrogen) atoms. The Morgan fingerprint density at radius 1 is 0.396 bits per heavy atom. The smallest absolute Gasteiger partial charge is 0.238 e. The number of benzene rings is 7. The number of thiophene rings is 1. The summed E-state index contributed by atoms with van der Waals surface area (Å²) < 4.78 is 4.80. The number of para-hydroxylation sites is 1. The summed E-state index contributed by atoms with van der Waals surface area (Å²) in [6.45, 7) is 0. The van der Waals surface area contributed by atoms with Gasteiger partial charge in [0.25, 0.3) is 0 Å². The second-order valence-electron chi connectivity index (χ2n) is 12.1. The highest BCUT2D eigenvalue weighted by Crippen LogP contribution is 2.41. The lowest BCUT2D eigenvalue weighted by molar-refractivity contribution is 0.953. The highest BCUT2D eigenvalue weighted by Gasteiger charge is 2.18. The van der Waals surface area contributed by atoms with E-state index in [9.17, 15) is 0 Å². The Balaban J connectivity index is 1.19. The van der Waals surface area contributed by atoms with Crippen LogP contribution in [0.5, 0.6) is 0 Å². The van der Waals surface area contributed by atoms with Gasteiger partial charge in [0.1, 0.15) is 0 Å². The molecule has 10 rings (SSSR count). The maximum absolute atomic E-state index is 5.08. The fraction of sp³-hybridized carbons (Fsp3) is 0. The van der Waals surface area contributed by atoms with Crippen molar-refractivity contribution in [2.45, 2.75) is 0 Å². The Kier molecular flexibility index (Phi) is 6.01. The SMILES string of the molecule is c1ccc(-c2nc(-c3ccccc3)nc(-n3c4ccccc4c4cc(-c5ccc6sc7ccc8ccccc8c7c6c5)ccc43)n2)cc1. The maximum Gasteiger partial charge on any atom is 0.238 e. The Labute approximate surface area is 280 Å². The van der Waals surface area contributed by atoms with Crippen LogP contribution in [0.3, 0.4) is 0 Å². The van der Waals surface area contributed by atoms with Gasteiger partial charge in [-0.3, -0.25) is 4.57 Å². The van der Waals surface area contributed by atoms with Gasteiger partial charge in [0, 0.05) is 42.1 Å². The van der Waals surface area contributed by atoms with E-state index in [0.29, 0.717) is 17.6 Å². The highest BCUT2D eigenvalue weighted by molar-refractivity contribution is 7.26. The van der Waals surface area contributed by atoms with Crippen molar-refractivity contribution in [3.63, 3.8) is 0 Å². The Bertz CT molecular complexity index is 2780. The summed E-state index contributed by atoms with van der Waals surface area (Å²) in [7, 11) is 0. The zero-order valence-corrected chi connectivity index (χ0v) is 26.5. The highest BCUT2D eigenvalue weighted by atomic mass is 32.1. The number of hydrogen-bond acceptors (Lipinski definition) is 4. The molecule has 3 aromatic heterocycles. The Morgan fingerprint density at radius 2 is 0.979 bits per heavy atom. The lowest BCUT2D eigenvalue weighted by atomic mass is 9.99. The van der Waals surface area contributed by atoms with Crippen LogP contribution in [0.2, 0.25) is 0 Å². The van der Waals surface area contributed by atoms with Gasteiger partial charge in [0.2, 0.25) is 5.95 Å². The van der Waals surface area contributed by atoms with Gasteiger partial charge < -0.3 is 0 Å². The minimum Gasteiger partial charge on any atom is -0.278 e. The minimum atomic E-state index is 0.597. The molecule has 0 saturated heterocycles. The van der Waals surface area contributed by atoms with E-state index >= 15 is 0 Å². The van der Waals surface area contributed by atoms with Gasteiger partial charge in [-0.15, -0.1) is 11.3 Å². The van der Waals surface area contributed by atoms with E-state index in [1.54, 1.807) is 0 Å². The quantitative estimate of drug-likeness (QED) is 0.194. The standard InChI is InChI=1S/C43H26N4S/c1-3-12-28(13-4-1)41-44-42(29-14-5-2-6-15-29)46-43(45-41)47-36-18-10-9-17-33(36)34-25-30(19-22-37(34)47)31-21-23-38-35(26-31)40-32-16-8-7-11-27(32)20-24-39(40)48-38/h1-26H. The minimum absolute atomic E-state index is 0.597. The number of fused-ring (bicyclic) bond motifs is 8. The molecule has 0 aliphatic carbocycles. The third-order valence-corrected chi connectivity index (χ3v) is 10.4. The van der Waals surface area contributed by atoms with E-state index in [-0.39, 0.29) is 0 Å². The molecule has 4 nitrogen and oxygen atoms in total. The summed E-state index contributed by atoms with van der Waals surface area (Å²) in [5.74, 6) is 1.89. The molecule has 0 spiro atoms. The van der Waals surface area contributed by atoms with Gasteiger partial charge in [0.15, 0.2) is 11.6 Å². The molecule has 0 fully saturated rings. The summed E-state index contributed by atoms with van der Waals surface area (Å²) in [5, 5.41) is 7.54. The predicted octanol–water partition coefficient (Wildman–Crippen LogP) is 11.5. The van der Waals surface area contributed by atoms with Crippen LogP contribution >= 0.6 is 11.3 Å². The van der Waals surface area contributed by atoms with Crippen molar-refractivity contribution < 1.29 is 0 Å². The van der Waals surface area contributed by atoms with Crippen molar-refractivity contribution in [3.05, 3.63) is 158 Å². The van der Waals surface area contributed by atoms with Gasteiger partial charge in [-0.25, -0.2) is 4.98 Å². The fourth-order valence-corrected chi connectivity index (χ4v) is 8.09. The van der Waals surface area contributed by atoms with Gasteiger partial charge in [0.05, 0.1) is 11.0 Å². The molecule has 7 aromatic carbocycles. The third kappa shape index (κ3) is 4.25. The molecule has 0 bridgehead atoms. The summed E-state index contributed by atoms with van der Waals surface area (Å²) in [5.41, 5.74) is 6.39. The summed E-state index contributed by atoms with van der Waals surface area (Å²) in [4.78, 5) is 15.1. The molecule has 0 unspecified atom stereocenters. The lowest BCUT2D eigenvalue weighted by Gasteiger charge is -2.11. The van der Waals surface area contributed by atoms with E-state index < -0.39 is 0 Å². The molecular weight excluding hydrogens is 605 g/mol. The fourth-order valence-electron chi connectivity index (χ4n) is 6.99. The molecule has 0 N–H and O–H groups in total. The van der Waals surface area contributed by atoms with Gasteiger partial charge in [-0.1, -0.05) is 121 Å². The van der Waals surface area contributed by atoms with Crippen molar-refractivity contribution in [1.82, 2.24) is 19.5 Å². The van der Waals surface area contributed by atoms with Crippen molar-refractivity contribution >= 4 is 64.1 Å². The third-order valence-electron chi connectivity index (χ3n) is 9.25. The average molecular weight is 631 g/mol. The van der Waals surface area contributed by atoms with Crippen LogP contribution in [0.4, 0.5) is 0 Å². The van der Waals surface area contributed by atoms with Crippen LogP contribution in [-0.2, 0) is 0 Å². The molecule has 0 radical (unpaired) electrons. The van der Waals surface area contributed by atoms with Crippen LogP contribution in [0.1, 0.15) is 0 Å². The van der Waals surface area contributed by atoms with Crippen molar-refractivity contribution in [2.24, 2.45) is 0 Å². The number of rotatable bonds is 4. The lowest BCUT2D eigenvalue weighted by Crippen LogP contribution is -2.06. The maximum atomic E-state index is 5.08. The zero-order valence-electron chi connectivity index (χ0n) is 25.7. The first-order valence-corrected chi connectivity index (χ1v) is 16.9. The van der Waals surface area contributed by atoms with Crippen LogP contribution in [-0.4, -0.2) is 19.5 Å². The molecule has 10 aromatic rings. The van der Waals surface area contributed by atoms with E-state index in [2.05, 4.69) is 102 Å². The molecule has 0 aliphatic heterocycles. The second kappa shape index (κ2) is 10.7. The number of nitrogens with zero attached hydrogens (tertiary/aromatic N) is 4. The molecule has 0 aliphatic rings. The predicted molar refractivity (Wildman–Crippen MR) is 201 cm³/mol. The van der Waals surface area contributed by atoms with Gasteiger partial charge in [-0.05, 0) is 58.3 Å². The topological polar surface area (TPSA) is 43.6 Å². The molecule has 5 heteroatoms. The molecular formula is C43H26N4S. The first-order valence-electron chi connectivity index (χ1n) is 16.0. The largest absolute Gasteiger partial charge is 0.278 e. The molecule has 0 amide bonds. The summed E-state index contributed by atoms with van der Waals surface area (Å²) >= 11 is 1.86. The van der Waals surface area contributed by atoms with E-state index in [0.717, 1.165) is 32.9 Å². The van der Waals surface area contributed by atoms with Crippen LogP contribution in [0, 0.1) is 0 Å². The van der Waals surface area contributed by atoms with E-state index in [1.165, 1.54) is 42.1 Å². The van der Waals surface area contributed by atoms with E-state index in [4.69, 9.17) is 15.0 Å². The van der Waals surface area contributed by atoms with Crippen molar-refractivity contribution in [1.29, 1.82) is 0 Å². The van der Waals surface area contributed by atoms with Crippen molar-refractivity contribution in [3.8, 4) is 39.9 Å². The molecule has 0 saturated carbocycles. The summed E-state index contributed by atoms with van der Waals surface area (Å²) in [6, 6.07) is 55.6. The summed E-state index contributed by atoms with van der Waals surface area (Å²) in [6.07, 6.45) is 0. The van der Waals surface area contributed by atoms with Crippen LogP contribution < -0.4 is 0 Å².